The van der Waals surface area contributed by atoms with Crippen LogP contribution in [0.5, 0.6) is 11.5 Å². The molecule has 0 saturated carbocycles. The normalized spacial score (nSPS) is 12.2. The molecule has 196 valence electrons. The molecule has 0 aliphatic rings. The predicted molar refractivity (Wildman–Crippen MR) is 149 cm³/mol. The summed E-state index contributed by atoms with van der Waals surface area (Å²) in [6.45, 7) is 0.351. The summed E-state index contributed by atoms with van der Waals surface area (Å²) in [5.74, 6) is 1.96. The average molecular weight is 532 g/mol. The largest absolute Gasteiger partial charge is 0.497 e. The Morgan fingerprint density at radius 2 is 1.68 bits per heavy atom. The zero-order chi connectivity index (χ0) is 26.8. The molecule has 0 fully saturated rings. The van der Waals surface area contributed by atoms with Gasteiger partial charge in [0, 0.05) is 92.0 Å². The highest BCUT2D eigenvalue weighted by molar-refractivity contribution is 7.81. The highest BCUT2D eigenvalue weighted by Crippen LogP contribution is 2.35. The van der Waals surface area contributed by atoms with Gasteiger partial charge in [-0.1, -0.05) is 0 Å². The summed E-state index contributed by atoms with van der Waals surface area (Å²) < 4.78 is 29.1. The van der Waals surface area contributed by atoms with E-state index in [1.54, 1.807) is 53.7 Å². The number of hydrogen-bond acceptors (Lipinski definition) is 7. The maximum absolute atomic E-state index is 12.9. The second-order valence-corrected chi connectivity index (χ2v) is 10.5. The molecule has 5 aromatic rings. The Bertz CT molecular complexity index is 1590. The molecule has 1 atom stereocenters. The van der Waals surface area contributed by atoms with E-state index in [4.69, 9.17) is 9.47 Å². The molecule has 3 heterocycles. The van der Waals surface area contributed by atoms with Crippen LogP contribution in [0.2, 0.25) is 0 Å². The summed E-state index contributed by atoms with van der Waals surface area (Å²) in [4.78, 5) is 11.3. The van der Waals surface area contributed by atoms with E-state index in [0.29, 0.717) is 23.9 Å². The molecule has 5 rings (SSSR count). The number of anilines is 2. The van der Waals surface area contributed by atoms with Crippen molar-refractivity contribution in [1.29, 1.82) is 0 Å². The van der Waals surface area contributed by atoms with Crippen LogP contribution in [0.15, 0.2) is 73.4 Å². The summed E-state index contributed by atoms with van der Waals surface area (Å²) in [6, 6.07) is 13.9. The van der Waals surface area contributed by atoms with Gasteiger partial charge in [0.15, 0.2) is 0 Å². The smallest absolute Gasteiger partial charge is 0.203 e. The minimum Gasteiger partial charge on any atom is -0.497 e. The van der Waals surface area contributed by atoms with Crippen molar-refractivity contribution in [2.75, 3.05) is 33.2 Å². The third kappa shape index (κ3) is 5.11. The molecule has 3 aromatic heterocycles. The highest BCUT2D eigenvalue weighted by Gasteiger charge is 2.19. The predicted octanol–water partition coefficient (Wildman–Crippen LogP) is 4.18. The van der Waals surface area contributed by atoms with Crippen molar-refractivity contribution >= 4 is 33.4 Å². The Labute approximate surface area is 223 Å². The highest BCUT2D eigenvalue weighted by atomic mass is 32.2. The SMILES string of the molecule is COc1cc(OC)cc(N(Cc2nccn2S(=O)N(C)C)c2ccc3ncc(-c4cnn(C)c4)cc3c2)c1. The molecule has 2 aromatic carbocycles. The van der Waals surface area contributed by atoms with Gasteiger partial charge >= 0.3 is 0 Å². The zero-order valence-electron chi connectivity index (χ0n) is 21.9. The summed E-state index contributed by atoms with van der Waals surface area (Å²) in [5, 5.41) is 5.26. The lowest BCUT2D eigenvalue weighted by Crippen LogP contribution is -2.26. The molecule has 0 radical (unpaired) electrons. The van der Waals surface area contributed by atoms with Gasteiger partial charge < -0.3 is 14.4 Å². The minimum atomic E-state index is -1.41. The first-order valence-electron chi connectivity index (χ1n) is 11.9. The van der Waals surface area contributed by atoms with Crippen molar-refractivity contribution in [2.24, 2.45) is 7.05 Å². The minimum absolute atomic E-state index is 0.351. The summed E-state index contributed by atoms with van der Waals surface area (Å²) in [7, 11) is 8.67. The Kier molecular flexibility index (Phi) is 7.12. The van der Waals surface area contributed by atoms with Crippen LogP contribution >= 0.6 is 0 Å². The third-order valence-electron chi connectivity index (χ3n) is 6.12. The number of imidazole rings is 1. The van der Waals surface area contributed by atoms with E-state index in [2.05, 4.69) is 32.1 Å². The number of methoxy groups -OCH3 is 2. The lowest BCUT2D eigenvalue weighted by atomic mass is 10.1. The van der Waals surface area contributed by atoms with E-state index in [1.165, 1.54) is 0 Å². The number of ether oxygens (including phenoxy) is 2. The van der Waals surface area contributed by atoms with Crippen molar-refractivity contribution in [2.45, 2.75) is 6.54 Å². The summed E-state index contributed by atoms with van der Waals surface area (Å²) >= 11 is -1.41. The number of fused-ring (bicyclic) bond motifs is 1. The fourth-order valence-corrected chi connectivity index (χ4v) is 4.98. The number of pyridine rings is 1. The van der Waals surface area contributed by atoms with Gasteiger partial charge in [0.05, 0.1) is 32.5 Å². The van der Waals surface area contributed by atoms with Crippen LogP contribution in [0.1, 0.15) is 5.82 Å². The molecule has 0 aliphatic heterocycles. The Morgan fingerprint density at radius 1 is 0.921 bits per heavy atom. The van der Waals surface area contributed by atoms with Gasteiger partial charge in [-0.2, -0.15) is 5.10 Å². The van der Waals surface area contributed by atoms with Crippen LogP contribution in [-0.4, -0.2) is 60.5 Å². The fourth-order valence-electron chi connectivity index (χ4n) is 4.19. The number of aryl methyl sites for hydroxylation is 1. The average Bonchev–Trinajstić information content (AvgIpc) is 3.59. The molecule has 10 nitrogen and oxygen atoms in total. The number of rotatable bonds is 9. The van der Waals surface area contributed by atoms with Gasteiger partial charge in [0.25, 0.3) is 0 Å². The number of nitrogens with zero attached hydrogens (tertiary/aromatic N) is 7. The number of hydrogen-bond donors (Lipinski definition) is 0. The van der Waals surface area contributed by atoms with E-state index < -0.39 is 11.2 Å². The van der Waals surface area contributed by atoms with Crippen LogP contribution in [0.4, 0.5) is 11.4 Å². The van der Waals surface area contributed by atoms with Crippen molar-refractivity contribution in [3.8, 4) is 22.6 Å². The van der Waals surface area contributed by atoms with Crippen LogP contribution in [-0.2, 0) is 24.8 Å². The summed E-state index contributed by atoms with van der Waals surface area (Å²) in [6.07, 6.45) is 9.03. The molecule has 11 heteroatoms. The van der Waals surface area contributed by atoms with Gasteiger partial charge in [-0.15, -0.1) is 0 Å². The van der Waals surface area contributed by atoms with Gasteiger partial charge in [-0.05, 0) is 24.3 Å². The molecule has 0 saturated heterocycles. The molecule has 1 unspecified atom stereocenters. The van der Waals surface area contributed by atoms with Crippen LogP contribution < -0.4 is 14.4 Å². The summed E-state index contributed by atoms with van der Waals surface area (Å²) in [5.41, 5.74) is 4.59. The standard InChI is InChI=1S/C27H29N7O3S/c1-31(2)38(35)34-9-8-28-27(34)18-33(23-12-24(36-4)14-25(13-23)37-5)22-6-7-26-19(11-22)10-20(15-29-26)21-16-30-32(3)17-21/h6-17H,18H2,1-5H3. The van der Waals surface area contributed by atoms with Gasteiger partial charge in [-0.3, -0.25) is 9.67 Å². The van der Waals surface area contributed by atoms with E-state index in [-0.39, 0.29) is 0 Å². The molecule has 0 spiro atoms. The van der Waals surface area contributed by atoms with Crippen molar-refractivity contribution in [3.63, 3.8) is 0 Å². The Balaban J connectivity index is 1.63. The van der Waals surface area contributed by atoms with Gasteiger partial charge in [0.1, 0.15) is 17.3 Å². The maximum Gasteiger partial charge on any atom is 0.203 e. The second kappa shape index (κ2) is 10.6. The molecule has 0 aliphatic carbocycles. The number of aromatic nitrogens is 5. The van der Waals surface area contributed by atoms with Crippen LogP contribution in [0.25, 0.3) is 22.0 Å². The molecule has 0 bridgehead atoms. The topological polar surface area (TPSA) is 90.5 Å². The van der Waals surface area contributed by atoms with E-state index in [0.717, 1.165) is 33.4 Å². The zero-order valence-corrected chi connectivity index (χ0v) is 22.7. The van der Waals surface area contributed by atoms with E-state index >= 15 is 0 Å². The monoisotopic (exact) mass is 531 g/mol. The van der Waals surface area contributed by atoms with Crippen molar-refractivity contribution in [3.05, 3.63) is 79.3 Å². The quantitative estimate of drug-likeness (QED) is 0.282. The Morgan fingerprint density at radius 3 is 2.34 bits per heavy atom. The lowest BCUT2D eigenvalue weighted by molar-refractivity contribution is 0.394. The van der Waals surface area contributed by atoms with Crippen molar-refractivity contribution < 1.29 is 13.7 Å². The fraction of sp³-hybridized carbons (Fsp3) is 0.222. The molecule has 0 amide bonds. The van der Waals surface area contributed by atoms with Crippen LogP contribution in [0.3, 0.4) is 0 Å². The molecular weight excluding hydrogens is 502 g/mol. The Hall–Kier alpha value is -4.22. The first kappa shape index (κ1) is 25.4. The van der Waals surface area contributed by atoms with Gasteiger partial charge in [-0.25, -0.2) is 17.5 Å². The second-order valence-electron chi connectivity index (χ2n) is 8.87. The van der Waals surface area contributed by atoms with E-state index in [1.807, 2.05) is 56.0 Å². The van der Waals surface area contributed by atoms with Crippen molar-refractivity contribution in [1.82, 2.24) is 28.0 Å². The van der Waals surface area contributed by atoms with Gasteiger partial charge in [0.2, 0.25) is 11.2 Å². The third-order valence-corrected chi connectivity index (χ3v) is 7.42. The van der Waals surface area contributed by atoms with Crippen LogP contribution in [0, 0.1) is 0 Å². The maximum atomic E-state index is 12.9. The molecule has 38 heavy (non-hydrogen) atoms. The first-order valence-corrected chi connectivity index (χ1v) is 12.9. The molecule has 0 N–H and O–H groups in total. The van der Waals surface area contributed by atoms with E-state index in [9.17, 15) is 4.21 Å². The number of benzene rings is 2. The first-order chi connectivity index (χ1) is 18.4. The lowest BCUT2D eigenvalue weighted by Gasteiger charge is -2.26. The molecular formula is C27H29N7O3S.